The third-order valence-electron chi connectivity index (χ3n) is 7.96. The molecule has 3 fully saturated rings. The molecule has 0 radical (unpaired) electrons. The number of methoxy groups -OCH3 is 1. The number of pyridine rings is 1. The summed E-state index contributed by atoms with van der Waals surface area (Å²) in [7, 11) is 1.68. The summed E-state index contributed by atoms with van der Waals surface area (Å²) in [5, 5.41) is 12.8. The van der Waals surface area contributed by atoms with Gasteiger partial charge in [-0.3, -0.25) is 4.98 Å². The van der Waals surface area contributed by atoms with Crippen LogP contribution >= 0.6 is 0 Å². The molecule has 4 heteroatoms. The first kappa shape index (κ1) is 21.2. The molecule has 0 amide bonds. The minimum Gasteiger partial charge on any atom is -0.497 e. The molecule has 0 spiro atoms. The molecule has 0 aliphatic carbocycles. The SMILES string of the molecule is C=CC1C[N+]2(Cc3ccc(C)cc3)CCC1CC2[C@H](O)c1ccnc2ccc(OC)cc12. The first-order valence-electron chi connectivity index (χ1n) is 11.7. The molecule has 2 aromatic carbocycles. The zero-order valence-electron chi connectivity index (χ0n) is 19.1. The maximum absolute atomic E-state index is 11.9. The summed E-state index contributed by atoms with van der Waals surface area (Å²) in [5.74, 6) is 1.92. The summed E-state index contributed by atoms with van der Waals surface area (Å²) in [6, 6.07) is 17.0. The van der Waals surface area contributed by atoms with E-state index in [1.165, 1.54) is 17.5 Å². The lowest BCUT2D eigenvalue weighted by molar-refractivity contribution is -0.984. The van der Waals surface area contributed by atoms with Crippen molar-refractivity contribution in [3.05, 3.63) is 84.1 Å². The van der Waals surface area contributed by atoms with Crippen LogP contribution in [-0.4, -0.2) is 40.8 Å². The molecule has 3 aromatic rings. The van der Waals surface area contributed by atoms with Gasteiger partial charge in [-0.05, 0) is 42.7 Å². The van der Waals surface area contributed by atoms with E-state index in [9.17, 15) is 5.11 Å². The number of hydrogen-bond acceptors (Lipinski definition) is 3. The van der Waals surface area contributed by atoms with Gasteiger partial charge < -0.3 is 14.3 Å². The fourth-order valence-corrected chi connectivity index (χ4v) is 6.18. The van der Waals surface area contributed by atoms with E-state index in [0.717, 1.165) is 52.8 Å². The van der Waals surface area contributed by atoms with E-state index in [4.69, 9.17) is 4.74 Å². The van der Waals surface area contributed by atoms with Crippen molar-refractivity contribution in [1.29, 1.82) is 0 Å². The van der Waals surface area contributed by atoms with Crippen molar-refractivity contribution < 1.29 is 14.3 Å². The Hall–Kier alpha value is -2.69. The second-order valence-corrected chi connectivity index (χ2v) is 9.75. The maximum atomic E-state index is 11.9. The number of ether oxygens (including phenoxy) is 1. The van der Waals surface area contributed by atoms with Gasteiger partial charge in [-0.15, -0.1) is 6.58 Å². The molecule has 2 bridgehead atoms. The normalized spacial score (nSPS) is 27.9. The maximum Gasteiger partial charge on any atom is 0.131 e. The number of nitrogens with zero attached hydrogens (tertiary/aromatic N) is 2. The first-order valence-corrected chi connectivity index (χ1v) is 11.7. The number of quaternary nitrogens is 1. The Morgan fingerprint density at radius 2 is 2.03 bits per heavy atom. The molecule has 4 heterocycles. The highest BCUT2D eigenvalue weighted by Gasteiger charge is 2.53. The van der Waals surface area contributed by atoms with Crippen LogP contribution in [0.4, 0.5) is 0 Å². The number of piperidine rings is 3. The van der Waals surface area contributed by atoms with Crippen LogP contribution in [-0.2, 0) is 6.54 Å². The molecule has 166 valence electrons. The van der Waals surface area contributed by atoms with Gasteiger partial charge in [-0.25, -0.2) is 0 Å². The molecule has 1 N–H and O–H groups in total. The van der Waals surface area contributed by atoms with Gasteiger partial charge in [0.2, 0.25) is 0 Å². The van der Waals surface area contributed by atoms with Gasteiger partial charge in [0, 0.05) is 35.9 Å². The number of benzene rings is 2. The molecule has 0 saturated carbocycles. The minimum atomic E-state index is -0.549. The second kappa shape index (κ2) is 8.34. The number of fused-ring (bicyclic) bond motifs is 4. The zero-order valence-corrected chi connectivity index (χ0v) is 19.1. The lowest BCUT2D eigenvalue weighted by Gasteiger charge is -2.58. The number of rotatable bonds is 6. The van der Waals surface area contributed by atoms with Crippen molar-refractivity contribution in [2.45, 2.75) is 38.5 Å². The molecule has 1 aromatic heterocycles. The van der Waals surface area contributed by atoms with Crippen LogP contribution in [0.2, 0.25) is 0 Å². The van der Waals surface area contributed by atoms with E-state index < -0.39 is 6.10 Å². The van der Waals surface area contributed by atoms with Gasteiger partial charge in [0.25, 0.3) is 0 Å². The second-order valence-electron chi connectivity index (χ2n) is 9.75. The number of aryl methyl sites for hydroxylation is 1. The lowest BCUT2D eigenvalue weighted by atomic mass is 9.71. The van der Waals surface area contributed by atoms with Crippen LogP contribution in [0.15, 0.2) is 67.4 Å². The predicted octanol–water partition coefficient (Wildman–Crippen LogP) is 5.20. The lowest BCUT2D eigenvalue weighted by Crippen LogP contribution is -2.67. The number of hydrogen-bond donors (Lipinski definition) is 1. The van der Waals surface area contributed by atoms with Gasteiger partial charge in [-0.1, -0.05) is 35.9 Å². The van der Waals surface area contributed by atoms with Gasteiger partial charge >= 0.3 is 0 Å². The summed E-state index contributed by atoms with van der Waals surface area (Å²) in [4.78, 5) is 4.53. The standard InChI is InChI=1S/C28H33N2O2/c1-4-21-18-30(17-20-7-5-19(2)6-8-20)14-12-22(21)15-27(30)28(31)24-11-13-29-26-10-9-23(32-3)16-25(24)26/h4-11,13,16,21-22,27-28,31H,1,12,14-15,17-18H2,2-3H3/q+1/t21?,22?,27?,28-,30?/m1/s1. The smallest absolute Gasteiger partial charge is 0.131 e. The van der Waals surface area contributed by atoms with Crippen molar-refractivity contribution >= 4 is 10.9 Å². The predicted molar refractivity (Wildman–Crippen MR) is 128 cm³/mol. The average molecular weight is 430 g/mol. The Labute approximate surface area is 190 Å². The van der Waals surface area contributed by atoms with E-state index in [2.05, 4.69) is 48.8 Å². The van der Waals surface area contributed by atoms with Crippen LogP contribution in [0.1, 0.15) is 35.6 Å². The Bertz CT molecular complexity index is 1130. The topological polar surface area (TPSA) is 42.4 Å². The molecule has 6 rings (SSSR count). The Morgan fingerprint density at radius 3 is 2.78 bits per heavy atom. The summed E-state index contributed by atoms with van der Waals surface area (Å²) in [6.45, 7) is 9.39. The fraction of sp³-hybridized carbons (Fsp3) is 0.393. The van der Waals surface area contributed by atoms with Gasteiger partial charge in [0.1, 0.15) is 24.4 Å². The summed E-state index contributed by atoms with van der Waals surface area (Å²) in [6.07, 6.45) is 5.66. The van der Waals surface area contributed by atoms with Crippen LogP contribution in [0, 0.1) is 18.8 Å². The highest BCUT2D eigenvalue weighted by molar-refractivity contribution is 5.83. The Morgan fingerprint density at radius 1 is 1.22 bits per heavy atom. The molecular formula is C28H33N2O2+. The minimum absolute atomic E-state index is 0.156. The Kier molecular flexibility index (Phi) is 5.52. The summed E-state index contributed by atoms with van der Waals surface area (Å²) in [5.41, 5.74) is 4.48. The molecule has 4 unspecified atom stereocenters. The van der Waals surface area contributed by atoms with Crippen molar-refractivity contribution in [2.75, 3.05) is 20.2 Å². The van der Waals surface area contributed by atoms with Crippen LogP contribution in [0.5, 0.6) is 5.75 Å². The van der Waals surface area contributed by atoms with Gasteiger partial charge in [0.15, 0.2) is 0 Å². The molecular weight excluding hydrogens is 396 g/mol. The van der Waals surface area contributed by atoms with E-state index in [-0.39, 0.29) is 6.04 Å². The van der Waals surface area contributed by atoms with Gasteiger partial charge in [0.05, 0.1) is 25.7 Å². The largest absolute Gasteiger partial charge is 0.497 e. The number of aromatic nitrogens is 1. The van der Waals surface area contributed by atoms with E-state index >= 15 is 0 Å². The van der Waals surface area contributed by atoms with Crippen LogP contribution < -0.4 is 4.74 Å². The summed E-state index contributed by atoms with van der Waals surface area (Å²) < 4.78 is 6.39. The van der Waals surface area contributed by atoms with Crippen molar-refractivity contribution in [3.63, 3.8) is 0 Å². The quantitative estimate of drug-likeness (QED) is 0.433. The molecule has 4 nitrogen and oxygen atoms in total. The number of aliphatic hydroxyl groups excluding tert-OH is 1. The first-order chi connectivity index (χ1) is 15.5. The molecule has 3 saturated heterocycles. The molecule has 3 aliphatic rings. The zero-order chi connectivity index (χ0) is 22.3. The highest BCUT2D eigenvalue weighted by Crippen LogP contribution is 2.48. The van der Waals surface area contributed by atoms with Crippen molar-refractivity contribution in [1.82, 2.24) is 4.98 Å². The average Bonchev–Trinajstić information content (AvgIpc) is 2.84. The molecule has 5 atom stereocenters. The van der Waals surface area contributed by atoms with Crippen molar-refractivity contribution in [3.8, 4) is 5.75 Å². The van der Waals surface area contributed by atoms with Crippen molar-refractivity contribution in [2.24, 2.45) is 11.8 Å². The third kappa shape index (κ3) is 3.62. The third-order valence-corrected chi connectivity index (χ3v) is 7.96. The molecule has 32 heavy (non-hydrogen) atoms. The van der Waals surface area contributed by atoms with E-state index in [0.29, 0.717) is 11.8 Å². The van der Waals surface area contributed by atoms with Gasteiger partial charge in [-0.2, -0.15) is 0 Å². The van der Waals surface area contributed by atoms with Crippen LogP contribution in [0.25, 0.3) is 10.9 Å². The fourth-order valence-electron chi connectivity index (χ4n) is 6.18. The monoisotopic (exact) mass is 429 g/mol. The Balaban J connectivity index is 1.55. The van der Waals surface area contributed by atoms with E-state index in [1.807, 2.05) is 30.5 Å². The summed E-state index contributed by atoms with van der Waals surface area (Å²) >= 11 is 0. The molecule has 3 aliphatic heterocycles. The number of aliphatic hydroxyl groups is 1. The van der Waals surface area contributed by atoms with E-state index in [1.54, 1.807) is 7.11 Å². The van der Waals surface area contributed by atoms with Crippen LogP contribution in [0.3, 0.4) is 0 Å². The highest BCUT2D eigenvalue weighted by atomic mass is 16.5.